The molecule has 0 aromatic rings. The maximum atomic E-state index is 12.1. The Balaban J connectivity index is 2.26. The van der Waals surface area contributed by atoms with Crippen molar-refractivity contribution in [3.05, 3.63) is 0 Å². The number of hydrogen-bond acceptors (Lipinski definition) is 4. The third-order valence-corrected chi connectivity index (χ3v) is 6.23. The van der Waals surface area contributed by atoms with Gasteiger partial charge in [-0.15, -0.1) is 0 Å². The Morgan fingerprint density at radius 3 is 2.58 bits per heavy atom. The molecule has 0 bridgehead atoms. The van der Waals surface area contributed by atoms with Crippen LogP contribution in [0.15, 0.2) is 4.99 Å². The van der Waals surface area contributed by atoms with Gasteiger partial charge in [0, 0.05) is 41.0 Å². The SMILES string of the molecule is CCCCOCCOCCN=C(NCC)NC1CCCC(S(=O)CC)C1. The van der Waals surface area contributed by atoms with E-state index < -0.39 is 10.8 Å². The highest BCUT2D eigenvalue weighted by Gasteiger charge is 2.25. The summed E-state index contributed by atoms with van der Waals surface area (Å²) in [5.74, 6) is 1.59. The number of nitrogens with zero attached hydrogens (tertiary/aromatic N) is 1. The zero-order valence-electron chi connectivity index (χ0n) is 16.9. The third kappa shape index (κ3) is 10.5. The summed E-state index contributed by atoms with van der Waals surface area (Å²) in [5.41, 5.74) is 0. The smallest absolute Gasteiger partial charge is 0.191 e. The lowest BCUT2D eigenvalue weighted by Gasteiger charge is -2.30. The summed E-state index contributed by atoms with van der Waals surface area (Å²) < 4.78 is 23.1. The Kier molecular flexibility index (Phi) is 13.9. The van der Waals surface area contributed by atoms with E-state index in [1.165, 1.54) is 0 Å². The first-order valence-corrected chi connectivity index (χ1v) is 11.7. The van der Waals surface area contributed by atoms with E-state index in [1.54, 1.807) is 0 Å². The van der Waals surface area contributed by atoms with E-state index in [9.17, 15) is 4.21 Å². The maximum absolute atomic E-state index is 12.1. The van der Waals surface area contributed by atoms with Crippen LogP contribution in [0, 0.1) is 0 Å². The molecule has 3 atom stereocenters. The van der Waals surface area contributed by atoms with Crippen LogP contribution in [0.25, 0.3) is 0 Å². The first kappa shape index (κ1) is 23.4. The topological polar surface area (TPSA) is 72.0 Å². The van der Waals surface area contributed by atoms with Gasteiger partial charge in [-0.2, -0.15) is 0 Å². The lowest BCUT2D eigenvalue weighted by atomic mass is 9.95. The van der Waals surface area contributed by atoms with Gasteiger partial charge in [0.25, 0.3) is 0 Å². The maximum Gasteiger partial charge on any atom is 0.191 e. The second-order valence-corrected chi connectivity index (χ2v) is 8.64. The Morgan fingerprint density at radius 1 is 1.12 bits per heavy atom. The third-order valence-electron chi connectivity index (χ3n) is 4.49. The first-order chi connectivity index (χ1) is 12.7. The molecular formula is C19H39N3O3S. The van der Waals surface area contributed by atoms with Crippen LogP contribution < -0.4 is 10.6 Å². The molecule has 1 aliphatic carbocycles. The number of guanidine groups is 1. The molecule has 0 amide bonds. The van der Waals surface area contributed by atoms with Gasteiger partial charge in [-0.1, -0.05) is 26.7 Å². The van der Waals surface area contributed by atoms with Crippen LogP contribution in [-0.4, -0.2) is 66.7 Å². The zero-order valence-corrected chi connectivity index (χ0v) is 17.7. The fraction of sp³-hybridized carbons (Fsp3) is 0.947. The molecule has 0 heterocycles. The molecule has 6 nitrogen and oxygen atoms in total. The van der Waals surface area contributed by atoms with Gasteiger partial charge in [0.2, 0.25) is 0 Å². The fourth-order valence-corrected chi connectivity index (χ4v) is 4.40. The van der Waals surface area contributed by atoms with Crippen molar-refractivity contribution in [2.24, 2.45) is 4.99 Å². The number of ether oxygens (including phenoxy) is 2. The van der Waals surface area contributed by atoms with Crippen molar-refractivity contribution in [3.8, 4) is 0 Å². The standard InChI is InChI=1S/C19H39N3O3S/c1-4-7-12-24-14-15-25-13-11-21-19(20-5-2)22-17-9-8-10-18(16-17)26(23)6-3/h17-18H,4-16H2,1-3H3,(H2,20,21,22). The summed E-state index contributed by atoms with van der Waals surface area (Å²) in [6.45, 7) is 10.4. The highest BCUT2D eigenvalue weighted by atomic mass is 32.2. The largest absolute Gasteiger partial charge is 0.379 e. The highest BCUT2D eigenvalue weighted by Crippen LogP contribution is 2.22. The quantitative estimate of drug-likeness (QED) is 0.288. The molecule has 7 heteroatoms. The van der Waals surface area contributed by atoms with Crippen LogP contribution in [0.5, 0.6) is 0 Å². The number of unbranched alkanes of at least 4 members (excludes halogenated alkanes) is 1. The summed E-state index contributed by atoms with van der Waals surface area (Å²) in [5, 5.41) is 7.14. The summed E-state index contributed by atoms with van der Waals surface area (Å²) in [6.07, 6.45) is 6.57. The molecule has 0 spiro atoms. The Hall–Kier alpha value is -0.660. The second kappa shape index (κ2) is 15.4. The van der Waals surface area contributed by atoms with E-state index in [2.05, 4.69) is 29.5 Å². The second-order valence-electron chi connectivity index (χ2n) is 6.64. The van der Waals surface area contributed by atoms with Crippen LogP contribution in [0.4, 0.5) is 0 Å². The Morgan fingerprint density at radius 2 is 1.88 bits per heavy atom. The molecule has 3 unspecified atom stereocenters. The fourth-order valence-electron chi connectivity index (χ4n) is 3.05. The molecule has 0 radical (unpaired) electrons. The van der Waals surface area contributed by atoms with E-state index >= 15 is 0 Å². The predicted octanol–water partition coefficient (Wildman–Crippen LogP) is 2.45. The van der Waals surface area contributed by atoms with Crippen molar-refractivity contribution in [1.29, 1.82) is 0 Å². The van der Waals surface area contributed by atoms with Gasteiger partial charge >= 0.3 is 0 Å². The van der Waals surface area contributed by atoms with E-state index in [0.717, 1.165) is 63.4 Å². The zero-order chi connectivity index (χ0) is 19.0. The average molecular weight is 390 g/mol. The minimum absolute atomic E-state index is 0.324. The van der Waals surface area contributed by atoms with Crippen molar-refractivity contribution >= 4 is 16.8 Å². The van der Waals surface area contributed by atoms with E-state index in [1.807, 2.05) is 6.92 Å². The summed E-state index contributed by atoms with van der Waals surface area (Å²) in [7, 11) is -0.697. The van der Waals surface area contributed by atoms with E-state index in [-0.39, 0.29) is 0 Å². The normalized spacial score (nSPS) is 22.2. The number of aliphatic imine (C=N–C) groups is 1. The average Bonchev–Trinajstić information content (AvgIpc) is 2.66. The molecule has 1 rings (SSSR count). The minimum Gasteiger partial charge on any atom is -0.379 e. The van der Waals surface area contributed by atoms with Crippen molar-refractivity contribution in [2.75, 3.05) is 45.3 Å². The van der Waals surface area contributed by atoms with Crippen LogP contribution in [-0.2, 0) is 20.3 Å². The summed E-state index contributed by atoms with van der Waals surface area (Å²) >= 11 is 0. The number of hydrogen-bond donors (Lipinski definition) is 2. The van der Waals surface area contributed by atoms with Gasteiger partial charge in [0.1, 0.15) is 0 Å². The van der Waals surface area contributed by atoms with Gasteiger partial charge in [0.15, 0.2) is 5.96 Å². The van der Waals surface area contributed by atoms with Gasteiger partial charge in [-0.3, -0.25) is 9.20 Å². The van der Waals surface area contributed by atoms with Crippen molar-refractivity contribution in [1.82, 2.24) is 10.6 Å². The predicted molar refractivity (Wildman–Crippen MR) is 110 cm³/mol. The lowest BCUT2D eigenvalue weighted by molar-refractivity contribution is 0.0497. The monoisotopic (exact) mass is 389 g/mol. The van der Waals surface area contributed by atoms with Gasteiger partial charge < -0.3 is 20.1 Å². The molecule has 1 saturated carbocycles. The van der Waals surface area contributed by atoms with Crippen LogP contribution >= 0.6 is 0 Å². The molecule has 0 aromatic heterocycles. The Labute approximate surface area is 162 Å². The molecule has 26 heavy (non-hydrogen) atoms. The first-order valence-electron chi connectivity index (χ1n) is 10.3. The van der Waals surface area contributed by atoms with Gasteiger partial charge in [0.05, 0.1) is 26.4 Å². The van der Waals surface area contributed by atoms with Crippen LogP contribution in [0.1, 0.15) is 59.3 Å². The van der Waals surface area contributed by atoms with Gasteiger partial charge in [-0.25, -0.2) is 0 Å². The molecule has 0 aliphatic heterocycles. The van der Waals surface area contributed by atoms with Crippen molar-refractivity contribution < 1.29 is 13.7 Å². The van der Waals surface area contributed by atoms with E-state index in [4.69, 9.17) is 9.47 Å². The van der Waals surface area contributed by atoms with Crippen molar-refractivity contribution in [2.45, 2.75) is 70.6 Å². The number of rotatable bonds is 13. The summed E-state index contributed by atoms with van der Waals surface area (Å²) in [4.78, 5) is 4.60. The molecule has 2 N–H and O–H groups in total. The van der Waals surface area contributed by atoms with Crippen LogP contribution in [0.3, 0.4) is 0 Å². The molecule has 1 aliphatic rings. The summed E-state index contributed by atoms with van der Waals surface area (Å²) in [6, 6.07) is 0.356. The molecule has 154 valence electrons. The molecular weight excluding hydrogens is 350 g/mol. The van der Waals surface area contributed by atoms with Gasteiger partial charge in [-0.05, 0) is 32.6 Å². The highest BCUT2D eigenvalue weighted by molar-refractivity contribution is 7.85. The molecule has 0 aromatic carbocycles. The lowest BCUT2D eigenvalue weighted by Crippen LogP contribution is -2.46. The minimum atomic E-state index is -0.697. The van der Waals surface area contributed by atoms with Crippen LogP contribution in [0.2, 0.25) is 0 Å². The van der Waals surface area contributed by atoms with E-state index in [0.29, 0.717) is 37.7 Å². The molecule has 0 saturated heterocycles. The number of nitrogens with one attached hydrogen (secondary N) is 2. The van der Waals surface area contributed by atoms with Crippen molar-refractivity contribution in [3.63, 3.8) is 0 Å². The Bertz CT molecular complexity index is 407. The molecule has 1 fully saturated rings.